The van der Waals surface area contributed by atoms with Gasteiger partial charge in [0.2, 0.25) is 5.95 Å². The Kier molecular flexibility index (Phi) is 5.80. The van der Waals surface area contributed by atoms with Crippen LogP contribution < -0.4 is 10.6 Å². The topological polar surface area (TPSA) is 75.6 Å². The molecule has 4 aromatic rings. The molecule has 0 aliphatic heterocycles. The lowest BCUT2D eigenvalue weighted by Gasteiger charge is -2.13. The van der Waals surface area contributed by atoms with E-state index in [1.807, 2.05) is 25.3 Å². The molecule has 2 heterocycles. The van der Waals surface area contributed by atoms with Gasteiger partial charge in [0.1, 0.15) is 6.33 Å². The Bertz CT molecular complexity index is 1250. The molecule has 30 heavy (non-hydrogen) atoms. The molecule has 0 saturated heterocycles. The quantitative estimate of drug-likeness (QED) is 0.367. The molecule has 150 valence electrons. The molecule has 0 radical (unpaired) electrons. The highest BCUT2D eigenvalue weighted by Crippen LogP contribution is 2.33. The molecule has 2 aromatic heterocycles. The number of nitrogens with one attached hydrogen (secondary N) is 2. The predicted molar refractivity (Wildman–Crippen MR) is 132 cm³/mol. The van der Waals surface area contributed by atoms with Crippen molar-refractivity contribution in [1.29, 1.82) is 0 Å². The summed E-state index contributed by atoms with van der Waals surface area (Å²) in [7, 11) is 1.80. The summed E-state index contributed by atoms with van der Waals surface area (Å²) in [6, 6.07) is 14.6. The molecule has 2 aromatic carbocycles. The van der Waals surface area contributed by atoms with E-state index >= 15 is 0 Å². The monoisotopic (exact) mass is 508 g/mol. The Labute approximate surface area is 185 Å². The van der Waals surface area contributed by atoms with E-state index in [0.29, 0.717) is 11.8 Å². The van der Waals surface area contributed by atoms with Crippen molar-refractivity contribution in [3.8, 4) is 22.4 Å². The van der Waals surface area contributed by atoms with Crippen molar-refractivity contribution in [1.82, 2.24) is 25.3 Å². The third-order valence-electron chi connectivity index (χ3n) is 4.77. The van der Waals surface area contributed by atoms with Gasteiger partial charge in [0.25, 0.3) is 0 Å². The van der Waals surface area contributed by atoms with Crippen LogP contribution in [-0.2, 0) is 0 Å². The Balaban J connectivity index is 1.88. The van der Waals surface area contributed by atoms with E-state index in [0.717, 1.165) is 39.0 Å². The van der Waals surface area contributed by atoms with Crippen molar-refractivity contribution in [2.45, 2.75) is 6.92 Å². The van der Waals surface area contributed by atoms with Gasteiger partial charge in [0.15, 0.2) is 0 Å². The Morgan fingerprint density at radius 3 is 2.50 bits per heavy atom. The van der Waals surface area contributed by atoms with Gasteiger partial charge < -0.3 is 10.6 Å². The van der Waals surface area contributed by atoms with Crippen LogP contribution >= 0.6 is 20.7 Å². The first-order valence-electron chi connectivity index (χ1n) is 9.30. The lowest BCUT2D eigenvalue weighted by atomic mass is 9.99. The average molecular weight is 508 g/mol. The number of anilines is 1. The summed E-state index contributed by atoms with van der Waals surface area (Å²) in [4.78, 5) is 18.0. The minimum absolute atomic E-state index is 0.200. The van der Waals surface area contributed by atoms with Crippen molar-refractivity contribution >= 4 is 42.1 Å². The average Bonchev–Trinajstić information content (AvgIpc) is 2.79. The van der Waals surface area contributed by atoms with Gasteiger partial charge in [-0.15, -0.1) is 0 Å². The molecular weight excluding hydrogens is 487 g/mol. The molecular formula is C23H21IN6. The smallest absolute Gasteiger partial charge is 0.228 e. The number of aryl methyl sites for hydroxylation is 1. The third-order valence-corrected chi connectivity index (χ3v) is 6.37. The van der Waals surface area contributed by atoms with Crippen LogP contribution in [0.2, 0.25) is 0 Å². The zero-order chi connectivity index (χ0) is 21.1. The van der Waals surface area contributed by atoms with Crippen LogP contribution in [0.5, 0.6) is 0 Å². The lowest BCUT2D eigenvalue weighted by molar-refractivity contribution is 0.984. The predicted octanol–water partition coefficient (Wildman–Crippen LogP) is 4.74. The first-order valence-corrected chi connectivity index (χ1v) is 11.9. The molecule has 7 heteroatoms. The van der Waals surface area contributed by atoms with Crippen LogP contribution in [0.3, 0.4) is 0 Å². The standard InChI is InChI=1S/C23H21IN6/c1-14-19-11-17(7-10-21(19)28-13-27-14)20-12-26-23(29-15(2)25-4)30-22(20)16-5-8-18(24-3)9-6-16/h5-13,25H,2-3H2,1,4H3,(H,26,29,30). The van der Waals surface area contributed by atoms with Crippen molar-refractivity contribution in [3.63, 3.8) is 0 Å². The van der Waals surface area contributed by atoms with Gasteiger partial charge in [-0.1, -0.05) is 50.0 Å². The second kappa shape index (κ2) is 8.66. The molecule has 0 unspecified atom stereocenters. The summed E-state index contributed by atoms with van der Waals surface area (Å²) in [5, 5.41) is 7.06. The number of hydrogen-bond acceptors (Lipinski definition) is 6. The molecule has 4 rings (SSSR count). The van der Waals surface area contributed by atoms with Gasteiger partial charge in [-0.25, -0.2) is 19.9 Å². The minimum atomic E-state index is -0.200. The largest absolute Gasteiger partial charge is 0.375 e. The summed E-state index contributed by atoms with van der Waals surface area (Å²) in [5.41, 5.74) is 5.69. The number of benzene rings is 2. The zero-order valence-corrected chi connectivity index (χ0v) is 18.9. The van der Waals surface area contributed by atoms with E-state index < -0.39 is 0 Å². The van der Waals surface area contributed by atoms with Gasteiger partial charge in [-0.3, -0.25) is 0 Å². The maximum atomic E-state index is 4.80. The van der Waals surface area contributed by atoms with E-state index in [1.54, 1.807) is 13.4 Å². The summed E-state index contributed by atoms with van der Waals surface area (Å²) in [6.45, 7) is 5.89. The molecule has 2 N–H and O–H groups in total. The maximum Gasteiger partial charge on any atom is 0.228 e. The fourth-order valence-electron chi connectivity index (χ4n) is 3.12. The van der Waals surface area contributed by atoms with Crippen LogP contribution in [0.4, 0.5) is 5.95 Å². The molecule has 6 nitrogen and oxygen atoms in total. The third kappa shape index (κ3) is 4.06. The van der Waals surface area contributed by atoms with Gasteiger partial charge in [0, 0.05) is 39.0 Å². The minimum Gasteiger partial charge on any atom is -0.375 e. The van der Waals surface area contributed by atoms with Gasteiger partial charge in [-0.2, -0.15) is 0 Å². The van der Waals surface area contributed by atoms with Gasteiger partial charge in [0.05, 0.1) is 17.0 Å². The van der Waals surface area contributed by atoms with Crippen LogP contribution in [0.15, 0.2) is 67.4 Å². The molecule has 0 fully saturated rings. The molecule has 0 bridgehead atoms. The van der Waals surface area contributed by atoms with Gasteiger partial charge >= 0.3 is 0 Å². The second-order valence-electron chi connectivity index (χ2n) is 6.64. The highest BCUT2D eigenvalue weighted by atomic mass is 127. The van der Waals surface area contributed by atoms with E-state index in [9.17, 15) is 0 Å². The Morgan fingerprint density at radius 1 is 1.00 bits per heavy atom. The van der Waals surface area contributed by atoms with Crippen molar-refractivity contribution in [2.24, 2.45) is 0 Å². The molecule has 0 aliphatic rings. The number of halogens is 1. The first-order chi connectivity index (χ1) is 14.6. The molecule has 0 amide bonds. The molecule has 0 aliphatic carbocycles. The summed E-state index contributed by atoms with van der Waals surface area (Å²) in [5.74, 6) is 1.12. The Hall–Kier alpha value is -3.20. The van der Waals surface area contributed by atoms with E-state index in [4.69, 9.17) is 4.98 Å². The number of fused-ring (bicyclic) bond motifs is 1. The van der Waals surface area contributed by atoms with Crippen LogP contribution in [0, 0.1) is 10.5 Å². The summed E-state index contributed by atoms with van der Waals surface area (Å²) < 4.78 is 5.35. The Morgan fingerprint density at radius 2 is 1.77 bits per heavy atom. The van der Waals surface area contributed by atoms with Crippen LogP contribution in [0.25, 0.3) is 33.3 Å². The lowest BCUT2D eigenvalue weighted by Crippen LogP contribution is -2.15. The normalized spacial score (nSPS) is 10.7. The van der Waals surface area contributed by atoms with Crippen LogP contribution in [0.1, 0.15) is 5.69 Å². The zero-order valence-electron chi connectivity index (χ0n) is 16.8. The van der Waals surface area contributed by atoms with E-state index in [1.165, 1.54) is 3.57 Å². The van der Waals surface area contributed by atoms with Crippen LogP contribution in [-0.4, -0.2) is 31.5 Å². The number of rotatable bonds is 6. The molecule has 0 atom stereocenters. The number of hydrogen-bond donors (Lipinski definition) is 2. The van der Waals surface area contributed by atoms with Crippen molar-refractivity contribution in [3.05, 3.63) is 76.7 Å². The SMILES string of the molecule is C=Ic1ccc(-c2nc(NC(=C)NC)ncc2-c2ccc3ncnc(C)c3c2)cc1. The second-order valence-corrected chi connectivity index (χ2v) is 8.65. The number of aromatic nitrogens is 4. The fourth-order valence-corrected chi connectivity index (χ4v) is 3.99. The fraction of sp³-hybridized carbons (Fsp3) is 0.0870. The first kappa shape index (κ1) is 20.1. The van der Waals surface area contributed by atoms with Gasteiger partial charge in [-0.05, 0) is 36.8 Å². The van der Waals surface area contributed by atoms with E-state index in [-0.39, 0.29) is 20.7 Å². The molecule has 0 spiro atoms. The highest BCUT2D eigenvalue weighted by molar-refractivity contribution is 14.2. The summed E-state index contributed by atoms with van der Waals surface area (Å²) >= 11 is -0.200. The van der Waals surface area contributed by atoms with Crippen molar-refractivity contribution < 1.29 is 0 Å². The highest BCUT2D eigenvalue weighted by Gasteiger charge is 2.13. The molecule has 0 saturated carbocycles. The summed E-state index contributed by atoms with van der Waals surface area (Å²) in [6.07, 6.45) is 3.43. The number of nitrogens with zero attached hydrogens (tertiary/aromatic N) is 4. The van der Waals surface area contributed by atoms with Crippen molar-refractivity contribution in [2.75, 3.05) is 12.4 Å². The maximum absolute atomic E-state index is 4.80. The van der Waals surface area contributed by atoms with E-state index in [2.05, 4.69) is 67.0 Å².